The maximum absolute atomic E-state index is 12.8. The fourth-order valence-electron chi connectivity index (χ4n) is 5.35. The maximum Gasteiger partial charge on any atom is 0.524 e. The first-order valence-corrected chi connectivity index (χ1v) is 45.3. The van der Waals surface area contributed by atoms with Gasteiger partial charge in [0, 0.05) is 82.0 Å². The van der Waals surface area contributed by atoms with Gasteiger partial charge in [0.05, 0.1) is 96.2 Å². The third-order valence-electron chi connectivity index (χ3n) is 10.2. The number of alkyl halides is 33. The van der Waals surface area contributed by atoms with Gasteiger partial charge in [-0.05, 0) is 4.93 Å². The van der Waals surface area contributed by atoms with Crippen LogP contribution < -0.4 is 0 Å². The fraction of sp³-hybridized carbons (Fsp3) is 0.854. The summed E-state index contributed by atoms with van der Waals surface area (Å²) in [6.45, 7) is 1.21. The van der Waals surface area contributed by atoms with Crippen molar-refractivity contribution in [1.82, 2.24) is 9.80 Å². The molecule has 0 aromatic carbocycles. The minimum atomic E-state index is -6.85. The number of aliphatic hydroxyl groups excluding tert-OH is 1. The number of hydrogen-bond donors (Lipinski definition) is 1. The Balaban J connectivity index is -0.0000000825. The Morgan fingerprint density at radius 3 is 1.04 bits per heavy atom. The molecular weight excluding hydrogens is 2650 g/mol. The summed E-state index contributed by atoms with van der Waals surface area (Å²) < 4.78 is 481. The number of allylic oxidation sites excluding steroid dienone is 2. The Bertz CT molecular complexity index is 2970. The fourth-order valence-corrected chi connectivity index (χ4v) is 7.36. The second-order valence-corrected chi connectivity index (χ2v) is 42.6. The Hall–Kier alpha value is 2.47. The number of aldehydes is 1. The molecule has 0 saturated carbocycles. The normalized spacial score (nSPS) is 16.1. The van der Waals surface area contributed by atoms with Gasteiger partial charge in [0.2, 0.25) is 5.83 Å². The summed E-state index contributed by atoms with van der Waals surface area (Å²) in [5.74, 6) is -19.1. The van der Waals surface area contributed by atoms with Gasteiger partial charge in [0.1, 0.15) is 52.1 Å². The Labute approximate surface area is 766 Å². The number of halogens is 36. The minimum Gasteiger partial charge on any atom is -0.748 e. The van der Waals surface area contributed by atoms with Crippen LogP contribution >= 0.6 is 158 Å². The molecule has 24 nitrogen and oxygen atoms in total. The molecule has 4 aliphatic rings. The molecule has 0 spiro atoms. The zero-order chi connectivity index (χ0) is 90.0. The molecule has 0 bridgehead atoms. The largest absolute Gasteiger partial charge is 0.748 e. The molecule has 4 rings (SSSR count). The number of hydrogen-bond acceptors (Lipinski definition) is 22. The summed E-state index contributed by atoms with van der Waals surface area (Å²) in [6.07, 6.45) is -14.7. The number of nitrogens with zero attached hydrogens (tertiary/aromatic N) is 4. The Morgan fingerprint density at radius 1 is 0.530 bits per heavy atom. The van der Waals surface area contributed by atoms with Crippen LogP contribution in [0.5, 0.6) is 0 Å². The standard InChI is InChI=1S/C8H14F4NO.C8H13F3NO.C7H11F4NO.C7H10FNO2.C4H3F7O3S.C3H4F4O.C2F6O5S2.CHI3.CH2I2.CH3I.CH2I.2CH4O3S.2CH4.CH3.2V/c1-13(2-4-14-5-3-13)6-8(11,12)7(9)10;1-12(2-4-13-5-3-12)6-7(9)8(10)11;8-6(9)7(10,11)5-12-1-3-13-4-2-12;8-7(6-10)5-9-1-3-11-4-2-9;5-2(6)3(7,8)1-14-15(12,13)4(9,10)11;4-2(5)3(6,7)1-8;3-1(4,5)14(9,10)13-15(11,12)2(6,7)8;2-1(3)4;2-1-3;2*1-2;2*1-5(2,3)4;;;;;/h7H,2-6H2,1H3;6,8H,2-5H2,1H3;6H,1-5H2;5-6H,1-4H2;2H,1H2;2,8H,1H2;;1H;1H2;1H3;1H2;2*1H3,(H,2,3,4);2*1H4;1H3;;/q2*+1;;;;;;;;;-1;;;;;-1;;/p-2/b;7-6-;;7-5-;;;;;;;;;;;;;;. The van der Waals surface area contributed by atoms with Crippen LogP contribution in [0.15, 0.2) is 24.1 Å². The molecule has 4 aliphatic heterocycles. The SMILES string of the molecule is C.C.CI.CS(=O)(=O)[O-].CS(=O)(=O)[O-].C[N+]1(/C=C(\F)C(F)F)CCOCC1.C[N+]1(CC(F)(F)C(F)F)CCOCC1.FC(F)C(F)(F)CN1CCOCC1.IC(I)I.ICI.O=C/C(F)=C/N1CCOCC1.O=S(=O)(OCC(F)(F)C(F)F)C(F)(F)F.O=S(=O)(OS(=O)(=O)C(F)(F)F)C(F)(F)F.OCC(F)(F)C(F)F.[CH2-]I.[CH3-].[V].[V]. The van der Waals surface area contributed by atoms with Crippen molar-refractivity contribution in [3.63, 3.8) is 0 Å². The van der Waals surface area contributed by atoms with Gasteiger partial charge in [-0.2, -0.15) is 104 Å². The van der Waals surface area contributed by atoms with Gasteiger partial charge in [0.15, 0.2) is 12.1 Å². The van der Waals surface area contributed by atoms with Gasteiger partial charge in [-0.1, -0.05) is 150 Å². The monoisotopic (exact) mass is 2730 g/mol. The van der Waals surface area contributed by atoms with Gasteiger partial charge in [-0.3, -0.25) is 23.3 Å². The first-order chi connectivity index (χ1) is 49.0. The van der Waals surface area contributed by atoms with Crippen molar-refractivity contribution in [1.29, 1.82) is 0 Å². The van der Waals surface area contributed by atoms with E-state index in [0.29, 0.717) is 118 Å². The van der Waals surface area contributed by atoms with Crippen LogP contribution in [0.25, 0.3) is 0 Å². The van der Waals surface area contributed by atoms with Crippen molar-refractivity contribution in [2.75, 3.05) is 165 Å². The predicted octanol–water partition coefficient (Wildman–Crippen LogP) is 14.5. The molecule has 4 heterocycles. The number of likely N-dealkylation sites (N-methyl/N-ethyl adjacent to an activating group) is 2. The maximum atomic E-state index is 12.8. The van der Waals surface area contributed by atoms with Gasteiger partial charge in [-0.25, -0.2) is 65.1 Å². The average molecular weight is 2730 g/mol. The van der Waals surface area contributed by atoms with E-state index in [4.69, 9.17) is 50.0 Å². The van der Waals surface area contributed by atoms with E-state index in [1.807, 2.05) is 31.2 Å². The molecule has 0 aromatic heterocycles. The van der Waals surface area contributed by atoms with E-state index in [1.165, 1.54) is 13.5 Å². The molecular formula is C48H80F29I7N4O20S5V2-2. The number of aliphatic hydroxyl groups is 1. The van der Waals surface area contributed by atoms with Crippen LogP contribution in [0.1, 0.15) is 14.9 Å². The predicted molar refractivity (Wildman–Crippen MR) is 410 cm³/mol. The van der Waals surface area contributed by atoms with Crippen LogP contribution in [-0.2, 0) is 119 Å². The van der Waals surface area contributed by atoms with E-state index in [0.717, 1.165) is 6.14 Å². The van der Waals surface area contributed by atoms with Crippen LogP contribution in [0.4, 0.5) is 127 Å². The third-order valence-corrected chi connectivity index (χ3v) is 13.8. The molecule has 0 amide bonds. The van der Waals surface area contributed by atoms with E-state index in [1.54, 1.807) is 19.0 Å². The number of ether oxygens (including phenoxy) is 4. The van der Waals surface area contributed by atoms with Crippen molar-refractivity contribution in [2.45, 2.75) is 87.1 Å². The molecule has 706 valence electrons. The van der Waals surface area contributed by atoms with Crippen LogP contribution in [0.3, 0.4) is 0 Å². The number of carbonyl (C=O) groups excluding carboxylic acids is 1. The van der Waals surface area contributed by atoms with Gasteiger partial charge in [0.25, 0.3) is 6.43 Å². The molecule has 4 fully saturated rings. The smallest absolute Gasteiger partial charge is 0.524 e. The summed E-state index contributed by atoms with van der Waals surface area (Å²) in [5.41, 5.74) is -18.4. The number of quaternary nitrogens is 2. The van der Waals surface area contributed by atoms with E-state index in [2.05, 4.69) is 145 Å². The van der Waals surface area contributed by atoms with Crippen LogP contribution in [0.2, 0.25) is 0 Å². The summed E-state index contributed by atoms with van der Waals surface area (Å²) >= 11 is 15.6. The molecule has 0 aromatic rings. The summed E-state index contributed by atoms with van der Waals surface area (Å²) in [5, 5.41) is 7.53. The molecule has 4 saturated heterocycles. The molecule has 2 radical (unpaired) electrons. The number of carbonyl (C=O) groups is 1. The summed E-state index contributed by atoms with van der Waals surface area (Å²) in [4.78, 5) is 18.1. The van der Waals surface area contributed by atoms with E-state index < -0.39 is 161 Å². The Morgan fingerprint density at radius 2 is 0.800 bits per heavy atom. The zero-order valence-corrected chi connectivity index (χ0v) is 79.8. The van der Waals surface area contributed by atoms with Crippen molar-refractivity contribution in [3.05, 3.63) is 36.4 Å². The third kappa shape index (κ3) is 88.3. The van der Waals surface area contributed by atoms with Crippen LogP contribution in [0, 0.1) is 12.4 Å². The zero-order valence-electron chi connectivity index (χ0n) is 57.8. The molecule has 0 atom stereocenters. The van der Waals surface area contributed by atoms with Crippen molar-refractivity contribution in [2.24, 2.45) is 0 Å². The molecule has 0 aliphatic carbocycles. The van der Waals surface area contributed by atoms with Crippen molar-refractivity contribution < 1.29 is 261 Å². The van der Waals surface area contributed by atoms with Gasteiger partial charge >= 0.3 is 96.3 Å². The van der Waals surface area contributed by atoms with Gasteiger partial charge in [-0.15, -0.1) is 3.63 Å². The Kier molecular flexibility index (Phi) is 93.7. The number of rotatable bonds is 18. The summed E-state index contributed by atoms with van der Waals surface area (Å²) in [7, 11) is -24.5. The topological polar surface area (TPSA) is 316 Å². The van der Waals surface area contributed by atoms with Crippen molar-refractivity contribution >= 4 is 215 Å². The molecule has 67 heteroatoms. The van der Waals surface area contributed by atoms with Crippen molar-refractivity contribution in [3.8, 4) is 0 Å². The first-order valence-electron chi connectivity index (χ1n) is 27.0. The van der Waals surface area contributed by atoms with E-state index in [9.17, 15) is 157 Å². The average Bonchev–Trinajstić information content (AvgIpc) is 0.793. The molecule has 1 N–H and O–H groups in total. The second kappa shape index (κ2) is 72.4. The van der Waals surface area contributed by atoms with E-state index in [-0.39, 0.29) is 74.6 Å². The van der Waals surface area contributed by atoms with E-state index >= 15 is 0 Å². The first kappa shape index (κ1) is 149. The quantitative estimate of drug-likeness (QED) is 0.0127. The number of morpholine rings is 4. The molecule has 115 heavy (non-hydrogen) atoms. The molecule has 0 unspecified atom stereocenters. The van der Waals surface area contributed by atoms with Crippen LogP contribution in [-0.4, -0.2) is 319 Å². The summed E-state index contributed by atoms with van der Waals surface area (Å²) in [6, 6.07) is 0. The second-order valence-electron chi connectivity index (χ2n) is 19.6. The minimum absolute atomic E-state index is 0. The van der Waals surface area contributed by atoms with Gasteiger partial charge < -0.3 is 72.6 Å².